The molecule has 2 N–H and O–H groups in total. The zero-order valence-corrected chi connectivity index (χ0v) is 9.98. The minimum absolute atomic E-state index is 0.369. The van der Waals surface area contributed by atoms with Gasteiger partial charge in [0, 0.05) is 12.4 Å². The summed E-state index contributed by atoms with van der Waals surface area (Å²) in [5.74, 6) is 0.824. The van der Waals surface area contributed by atoms with E-state index in [0.29, 0.717) is 18.3 Å². The predicted octanol–water partition coefficient (Wildman–Crippen LogP) is 2.80. The van der Waals surface area contributed by atoms with Crippen LogP contribution < -0.4 is 10.5 Å². The van der Waals surface area contributed by atoms with Crippen molar-refractivity contribution >= 4 is 5.82 Å². The molecule has 0 radical (unpaired) electrons. The number of nitrogens with two attached hydrogens (primary N) is 1. The molecule has 0 aliphatic heterocycles. The van der Waals surface area contributed by atoms with Crippen LogP contribution in [0, 0.1) is 0 Å². The molecule has 1 aromatic heterocycles. The summed E-state index contributed by atoms with van der Waals surface area (Å²) < 4.78 is 5.44. The molecule has 1 heterocycles. The molecule has 0 unspecified atom stereocenters. The Balaban J connectivity index is 2.05. The Morgan fingerprint density at radius 1 is 1.06 bits per heavy atom. The van der Waals surface area contributed by atoms with E-state index in [4.69, 9.17) is 10.5 Å². The molecular formula is C12H21N3O. The lowest BCUT2D eigenvalue weighted by atomic mass is 10.1. The molecule has 0 aromatic carbocycles. The van der Waals surface area contributed by atoms with Gasteiger partial charge < -0.3 is 10.5 Å². The fraction of sp³-hybridized carbons (Fsp3) is 0.667. The lowest BCUT2D eigenvalue weighted by Crippen LogP contribution is -2.03. The molecule has 0 atom stereocenters. The van der Waals surface area contributed by atoms with Crippen LogP contribution in [0.1, 0.15) is 45.4 Å². The minimum atomic E-state index is 0.369. The zero-order chi connectivity index (χ0) is 11.6. The second-order valence-corrected chi connectivity index (χ2v) is 3.86. The SMILES string of the molecule is CCCCCCCCOc1nccnc1N. The maximum absolute atomic E-state index is 5.60. The third-order valence-corrected chi connectivity index (χ3v) is 2.43. The molecule has 0 spiro atoms. The van der Waals surface area contributed by atoms with Crippen molar-refractivity contribution in [1.82, 2.24) is 9.97 Å². The number of ether oxygens (including phenoxy) is 1. The van der Waals surface area contributed by atoms with E-state index >= 15 is 0 Å². The van der Waals surface area contributed by atoms with Crippen molar-refractivity contribution in [2.24, 2.45) is 0 Å². The van der Waals surface area contributed by atoms with Crippen molar-refractivity contribution in [1.29, 1.82) is 0 Å². The first-order valence-corrected chi connectivity index (χ1v) is 6.04. The van der Waals surface area contributed by atoms with Gasteiger partial charge in [0.15, 0.2) is 5.82 Å². The quantitative estimate of drug-likeness (QED) is 0.688. The molecule has 0 aliphatic carbocycles. The van der Waals surface area contributed by atoms with Crippen molar-refractivity contribution in [2.45, 2.75) is 45.4 Å². The van der Waals surface area contributed by atoms with Crippen molar-refractivity contribution in [3.63, 3.8) is 0 Å². The van der Waals surface area contributed by atoms with E-state index in [9.17, 15) is 0 Å². The van der Waals surface area contributed by atoms with Gasteiger partial charge >= 0.3 is 0 Å². The molecule has 4 heteroatoms. The van der Waals surface area contributed by atoms with E-state index in [1.54, 1.807) is 12.4 Å². The van der Waals surface area contributed by atoms with E-state index in [-0.39, 0.29) is 0 Å². The summed E-state index contributed by atoms with van der Waals surface area (Å²) in [6.07, 6.45) is 10.6. The normalized spacial score (nSPS) is 10.3. The molecule has 0 amide bonds. The number of hydrogen-bond donors (Lipinski definition) is 1. The fourth-order valence-corrected chi connectivity index (χ4v) is 1.50. The zero-order valence-electron chi connectivity index (χ0n) is 9.98. The van der Waals surface area contributed by atoms with Gasteiger partial charge in [0.25, 0.3) is 5.88 Å². The molecular weight excluding hydrogens is 202 g/mol. The number of unbranched alkanes of at least 4 members (excludes halogenated alkanes) is 5. The molecule has 0 saturated carbocycles. The van der Waals surface area contributed by atoms with Gasteiger partial charge in [-0.15, -0.1) is 0 Å². The highest BCUT2D eigenvalue weighted by atomic mass is 16.5. The van der Waals surface area contributed by atoms with E-state index in [1.165, 1.54) is 32.1 Å². The molecule has 4 nitrogen and oxygen atoms in total. The molecule has 0 saturated heterocycles. The first-order valence-electron chi connectivity index (χ1n) is 6.04. The highest BCUT2D eigenvalue weighted by Gasteiger charge is 2.00. The molecule has 90 valence electrons. The standard InChI is InChI=1S/C12H21N3O/c1-2-3-4-5-6-7-10-16-12-11(13)14-8-9-15-12/h8-9H,2-7,10H2,1H3,(H2,13,14). The van der Waals surface area contributed by atoms with Crippen LogP contribution >= 0.6 is 0 Å². The van der Waals surface area contributed by atoms with Crippen LogP contribution in [0.25, 0.3) is 0 Å². The number of rotatable bonds is 8. The Hall–Kier alpha value is -1.32. The summed E-state index contributed by atoms with van der Waals surface area (Å²) >= 11 is 0. The smallest absolute Gasteiger partial charge is 0.257 e. The second kappa shape index (κ2) is 7.91. The lowest BCUT2D eigenvalue weighted by Gasteiger charge is -2.06. The van der Waals surface area contributed by atoms with Gasteiger partial charge in [0.05, 0.1) is 6.61 Å². The van der Waals surface area contributed by atoms with Gasteiger partial charge in [0.2, 0.25) is 0 Å². The largest absolute Gasteiger partial charge is 0.475 e. The molecule has 16 heavy (non-hydrogen) atoms. The number of anilines is 1. The third kappa shape index (κ3) is 4.96. The highest BCUT2D eigenvalue weighted by Crippen LogP contribution is 2.13. The first-order chi connectivity index (χ1) is 7.84. The average molecular weight is 223 g/mol. The summed E-state index contributed by atoms with van der Waals surface area (Å²) in [6.45, 7) is 2.90. The number of nitrogen functional groups attached to an aromatic ring is 1. The monoisotopic (exact) mass is 223 g/mol. The van der Waals surface area contributed by atoms with Crippen molar-refractivity contribution in [3.8, 4) is 5.88 Å². The molecule has 0 aliphatic rings. The minimum Gasteiger partial charge on any atom is -0.475 e. The van der Waals surface area contributed by atoms with Crippen LogP contribution in [0.15, 0.2) is 12.4 Å². The van der Waals surface area contributed by atoms with Gasteiger partial charge in [-0.05, 0) is 6.42 Å². The highest BCUT2D eigenvalue weighted by molar-refractivity contribution is 5.38. The van der Waals surface area contributed by atoms with Crippen LogP contribution in [0.2, 0.25) is 0 Å². The molecule has 1 aromatic rings. The van der Waals surface area contributed by atoms with Crippen LogP contribution in [0.4, 0.5) is 5.82 Å². The average Bonchev–Trinajstić information content (AvgIpc) is 2.30. The van der Waals surface area contributed by atoms with Crippen molar-refractivity contribution < 1.29 is 4.74 Å². The molecule has 0 bridgehead atoms. The van der Waals surface area contributed by atoms with E-state index < -0.39 is 0 Å². The van der Waals surface area contributed by atoms with Gasteiger partial charge in [0.1, 0.15) is 0 Å². The maximum atomic E-state index is 5.60. The Morgan fingerprint density at radius 2 is 1.75 bits per heavy atom. The Labute approximate surface area is 97.2 Å². The third-order valence-electron chi connectivity index (χ3n) is 2.43. The lowest BCUT2D eigenvalue weighted by molar-refractivity contribution is 0.294. The number of hydrogen-bond acceptors (Lipinski definition) is 4. The Kier molecular flexibility index (Phi) is 6.30. The van der Waals surface area contributed by atoms with Crippen LogP contribution in [0.3, 0.4) is 0 Å². The van der Waals surface area contributed by atoms with Gasteiger partial charge in [-0.25, -0.2) is 9.97 Å². The van der Waals surface area contributed by atoms with Gasteiger partial charge in [-0.1, -0.05) is 39.0 Å². The van der Waals surface area contributed by atoms with Crippen molar-refractivity contribution in [2.75, 3.05) is 12.3 Å². The van der Waals surface area contributed by atoms with E-state index in [1.807, 2.05) is 0 Å². The molecule has 1 rings (SSSR count). The number of nitrogens with zero attached hydrogens (tertiary/aromatic N) is 2. The van der Waals surface area contributed by atoms with Crippen LogP contribution in [0.5, 0.6) is 5.88 Å². The summed E-state index contributed by atoms with van der Waals surface area (Å²) in [4.78, 5) is 7.92. The molecule has 0 fully saturated rings. The maximum Gasteiger partial charge on any atom is 0.257 e. The summed E-state index contributed by atoms with van der Waals surface area (Å²) in [5, 5.41) is 0. The van der Waals surface area contributed by atoms with E-state index in [2.05, 4.69) is 16.9 Å². The number of aromatic nitrogens is 2. The Bertz CT molecular complexity index is 291. The topological polar surface area (TPSA) is 61.0 Å². The van der Waals surface area contributed by atoms with Crippen LogP contribution in [-0.2, 0) is 0 Å². The second-order valence-electron chi connectivity index (χ2n) is 3.86. The van der Waals surface area contributed by atoms with Gasteiger partial charge in [-0.3, -0.25) is 0 Å². The fourth-order valence-electron chi connectivity index (χ4n) is 1.50. The first kappa shape index (κ1) is 12.7. The van der Waals surface area contributed by atoms with Gasteiger partial charge in [-0.2, -0.15) is 0 Å². The Morgan fingerprint density at radius 3 is 2.50 bits per heavy atom. The van der Waals surface area contributed by atoms with E-state index in [0.717, 1.165) is 6.42 Å². The summed E-state index contributed by atoms with van der Waals surface area (Å²) in [7, 11) is 0. The summed E-state index contributed by atoms with van der Waals surface area (Å²) in [5.41, 5.74) is 5.60. The predicted molar refractivity (Wildman–Crippen MR) is 65.3 cm³/mol. The summed E-state index contributed by atoms with van der Waals surface area (Å²) in [6, 6.07) is 0. The van der Waals surface area contributed by atoms with Crippen molar-refractivity contribution in [3.05, 3.63) is 12.4 Å². The van der Waals surface area contributed by atoms with Crippen LogP contribution in [-0.4, -0.2) is 16.6 Å².